The van der Waals surface area contributed by atoms with Crippen molar-refractivity contribution in [3.8, 4) is 11.5 Å². The van der Waals surface area contributed by atoms with Crippen LogP contribution in [0.25, 0.3) is 0 Å². The molecule has 1 N–H and O–H groups in total. The highest BCUT2D eigenvalue weighted by molar-refractivity contribution is 7.99. The fourth-order valence-corrected chi connectivity index (χ4v) is 3.63. The molecule has 3 rings (SSSR count). The molecule has 3 aromatic rings. The summed E-state index contributed by atoms with van der Waals surface area (Å²) in [5, 5.41) is 12.4. The number of carbonyl (C=O) groups is 1. The average molecular weight is 459 g/mol. The summed E-state index contributed by atoms with van der Waals surface area (Å²) in [5.74, 6) is 2.00. The standard InChI is InChI=1S/C22H23ClN4O3S/c1-3-13-27-20(14-30-19-8-6-5-7-18(19)23)25-26-22(27)31-15-21(28)24-16-9-11-17(12-10-16)29-4-2/h3,5-12H,1,4,13-15H2,2H3,(H,24,28). The summed E-state index contributed by atoms with van der Waals surface area (Å²) in [6, 6.07) is 14.5. The predicted molar refractivity (Wildman–Crippen MR) is 123 cm³/mol. The summed E-state index contributed by atoms with van der Waals surface area (Å²) in [4.78, 5) is 12.3. The Morgan fingerprint density at radius 3 is 2.68 bits per heavy atom. The highest BCUT2D eigenvalue weighted by atomic mass is 35.5. The zero-order valence-corrected chi connectivity index (χ0v) is 18.7. The number of anilines is 1. The minimum atomic E-state index is -0.142. The maximum atomic E-state index is 12.3. The molecule has 0 fully saturated rings. The summed E-state index contributed by atoms with van der Waals surface area (Å²) in [6.45, 7) is 7.00. The van der Waals surface area contributed by atoms with Gasteiger partial charge in [-0.2, -0.15) is 0 Å². The first-order chi connectivity index (χ1) is 15.1. The van der Waals surface area contributed by atoms with Crippen LogP contribution in [0.2, 0.25) is 5.02 Å². The molecule has 1 heterocycles. The number of nitrogens with one attached hydrogen (secondary N) is 1. The number of benzene rings is 2. The van der Waals surface area contributed by atoms with Crippen LogP contribution in [0.1, 0.15) is 12.7 Å². The Hall–Kier alpha value is -2.97. The van der Waals surface area contributed by atoms with Gasteiger partial charge in [-0.25, -0.2) is 0 Å². The number of ether oxygens (including phenoxy) is 2. The first-order valence-electron chi connectivity index (χ1n) is 9.66. The fraction of sp³-hybridized carbons (Fsp3) is 0.227. The van der Waals surface area contributed by atoms with E-state index in [-0.39, 0.29) is 18.3 Å². The second-order valence-electron chi connectivity index (χ2n) is 6.31. The van der Waals surface area contributed by atoms with Crippen LogP contribution in [-0.2, 0) is 17.9 Å². The van der Waals surface area contributed by atoms with Gasteiger partial charge in [0.25, 0.3) is 0 Å². The van der Waals surface area contributed by atoms with E-state index in [1.807, 2.05) is 35.8 Å². The number of allylic oxidation sites excluding steroid dienone is 1. The molecule has 2 aromatic carbocycles. The van der Waals surface area contributed by atoms with Gasteiger partial charge in [-0.3, -0.25) is 9.36 Å². The van der Waals surface area contributed by atoms with E-state index in [0.29, 0.717) is 40.6 Å². The number of thioether (sulfide) groups is 1. The van der Waals surface area contributed by atoms with Crippen LogP contribution < -0.4 is 14.8 Å². The Morgan fingerprint density at radius 1 is 1.19 bits per heavy atom. The molecule has 0 aliphatic carbocycles. The number of carbonyl (C=O) groups excluding carboxylic acids is 1. The Morgan fingerprint density at radius 2 is 1.97 bits per heavy atom. The van der Waals surface area contributed by atoms with Crippen molar-refractivity contribution >= 4 is 35.0 Å². The van der Waals surface area contributed by atoms with Gasteiger partial charge in [0.05, 0.1) is 17.4 Å². The molecule has 7 nitrogen and oxygen atoms in total. The lowest BCUT2D eigenvalue weighted by atomic mass is 10.3. The van der Waals surface area contributed by atoms with E-state index >= 15 is 0 Å². The molecule has 0 saturated carbocycles. The van der Waals surface area contributed by atoms with Gasteiger partial charge < -0.3 is 14.8 Å². The highest BCUT2D eigenvalue weighted by Crippen LogP contribution is 2.25. The second kappa shape index (κ2) is 11.4. The molecule has 162 valence electrons. The number of amides is 1. The van der Waals surface area contributed by atoms with Crippen molar-refractivity contribution in [3.05, 3.63) is 72.0 Å². The van der Waals surface area contributed by atoms with Gasteiger partial charge in [0.15, 0.2) is 11.0 Å². The first kappa shape index (κ1) is 22.7. The van der Waals surface area contributed by atoms with Gasteiger partial charge in [0, 0.05) is 12.2 Å². The molecule has 9 heteroatoms. The van der Waals surface area contributed by atoms with Crippen LogP contribution >= 0.6 is 23.4 Å². The molecule has 1 aromatic heterocycles. The summed E-state index contributed by atoms with van der Waals surface area (Å²) >= 11 is 7.43. The van der Waals surface area contributed by atoms with Gasteiger partial charge in [-0.1, -0.05) is 41.6 Å². The zero-order chi connectivity index (χ0) is 22.1. The van der Waals surface area contributed by atoms with E-state index < -0.39 is 0 Å². The lowest BCUT2D eigenvalue weighted by Gasteiger charge is -2.10. The topological polar surface area (TPSA) is 78.3 Å². The van der Waals surface area contributed by atoms with Gasteiger partial charge in [-0.15, -0.1) is 16.8 Å². The molecule has 0 aliphatic heterocycles. The smallest absolute Gasteiger partial charge is 0.234 e. The van der Waals surface area contributed by atoms with E-state index in [0.717, 1.165) is 5.75 Å². The number of rotatable bonds is 11. The van der Waals surface area contributed by atoms with E-state index in [9.17, 15) is 4.79 Å². The summed E-state index contributed by atoms with van der Waals surface area (Å²) in [6.07, 6.45) is 1.74. The monoisotopic (exact) mass is 458 g/mol. The summed E-state index contributed by atoms with van der Waals surface area (Å²) in [7, 11) is 0. The van der Waals surface area contributed by atoms with Crippen LogP contribution in [0.3, 0.4) is 0 Å². The third kappa shape index (κ3) is 6.50. The molecular weight excluding hydrogens is 436 g/mol. The maximum Gasteiger partial charge on any atom is 0.234 e. The van der Waals surface area contributed by atoms with E-state index in [4.69, 9.17) is 21.1 Å². The normalized spacial score (nSPS) is 10.5. The average Bonchev–Trinajstić information content (AvgIpc) is 3.15. The number of aromatic nitrogens is 3. The first-order valence-corrected chi connectivity index (χ1v) is 11.0. The Balaban J connectivity index is 1.58. The number of halogens is 1. The van der Waals surface area contributed by atoms with Crippen LogP contribution in [0.15, 0.2) is 66.3 Å². The molecule has 0 radical (unpaired) electrons. The number of nitrogens with zero attached hydrogens (tertiary/aromatic N) is 3. The van der Waals surface area contributed by atoms with Crippen molar-refractivity contribution in [2.24, 2.45) is 0 Å². The predicted octanol–water partition coefficient (Wildman–Crippen LogP) is 4.83. The summed E-state index contributed by atoms with van der Waals surface area (Å²) < 4.78 is 13.0. The molecule has 0 spiro atoms. The molecular formula is C22H23ClN4O3S. The van der Waals surface area contributed by atoms with Crippen LogP contribution in [-0.4, -0.2) is 33.0 Å². The van der Waals surface area contributed by atoms with Crippen molar-refractivity contribution in [2.75, 3.05) is 17.7 Å². The highest BCUT2D eigenvalue weighted by Gasteiger charge is 2.15. The van der Waals surface area contributed by atoms with E-state index in [2.05, 4.69) is 22.1 Å². The maximum absolute atomic E-state index is 12.3. The third-order valence-electron chi connectivity index (χ3n) is 4.08. The molecule has 0 aliphatic rings. The van der Waals surface area contributed by atoms with E-state index in [1.54, 1.807) is 30.3 Å². The quantitative estimate of drug-likeness (QED) is 0.327. The van der Waals surface area contributed by atoms with Gasteiger partial charge in [-0.05, 0) is 43.3 Å². The van der Waals surface area contributed by atoms with Gasteiger partial charge in [0.2, 0.25) is 5.91 Å². The largest absolute Gasteiger partial charge is 0.494 e. The Kier molecular flexibility index (Phi) is 8.37. The lowest BCUT2D eigenvalue weighted by Crippen LogP contribution is -2.15. The van der Waals surface area contributed by atoms with Crippen LogP contribution in [0, 0.1) is 0 Å². The van der Waals surface area contributed by atoms with Crippen LogP contribution in [0.5, 0.6) is 11.5 Å². The minimum Gasteiger partial charge on any atom is -0.494 e. The van der Waals surface area contributed by atoms with Crippen molar-refractivity contribution in [1.29, 1.82) is 0 Å². The van der Waals surface area contributed by atoms with Crippen molar-refractivity contribution in [1.82, 2.24) is 14.8 Å². The molecule has 0 unspecified atom stereocenters. The zero-order valence-electron chi connectivity index (χ0n) is 17.1. The third-order valence-corrected chi connectivity index (χ3v) is 5.36. The SMILES string of the molecule is C=CCn1c(COc2ccccc2Cl)nnc1SCC(=O)Nc1ccc(OCC)cc1. The number of hydrogen-bond acceptors (Lipinski definition) is 6. The second-order valence-corrected chi connectivity index (χ2v) is 7.66. The Labute approximate surface area is 190 Å². The van der Waals surface area contributed by atoms with Crippen molar-refractivity contribution < 1.29 is 14.3 Å². The summed E-state index contributed by atoms with van der Waals surface area (Å²) in [5.41, 5.74) is 0.704. The van der Waals surface area contributed by atoms with Crippen LogP contribution in [0.4, 0.5) is 5.69 Å². The van der Waals surface area contributed by atoms with Crippen molar-refractivity contribution in [3.63, 3.8) is 0 Å². The van der Waals surface area contributed by atoms with Crippen molar-refractivity contribution in [2.45, 2.75) is 25.2 Å². The fourth-order valence-electron chi connectivity index (χ4n) is 2.68. The number of hydrogen-bond donors (Lipinski definition) is 1. The van der Waals surface area contributed by atoms with Gasteiger partial charge >= 0.3 is 0 Å². The molecule has 0 bridgehead atoms. The van der Waals surface area contributed by atoms with Gasteiger partial charge in [0.1, 0.15) is 18.1 Å². The minimum absolute atomic E-state index is 0.142. The molecule has 1 amide bonds. The Bertz CT molecular complexity index is 1020. The molecule has 0 saturated heterocycles. The van der Waals surface area contributed by atoms with E-state index in [1.165, 1.54) is 11.8 Å². The lowest BCUT2D eigenvalue weighted by molar-refractivity contribution is -0.113. The molecule has 0 atom stereocenters. The number of para-hydroxylation sites is 1. The molecule has 31 heavy (non-hydrogen) atoms.